The van der Waals surface area contributed by atoms with Gasteiger partial charge in [-0.05, 0) is 0 Å². The van der Waals surface area contributed by atoms with Crippen molar-refractivity contribution >= 4 is 46.7 Å². The number of carbonyl (C=O) groups is 2. The number of hydrogen-bond donors (Lipinski definition) is 1. The van der Waals surface area contributed by atoms with Crippen molar-refractivity contribution in [1.29, 1.82) is 0 Å². The fourth-order valence-corrected chi connectivity index (χ4v) is 0.477. The predicted octanol–water partition coefficient (Wildman–Crippen LogP) is 1.37. The van der Waals surface area contributed by atoms with Crippen molar-refractivity contribution in [3.05, 3.63) is 0 Å². The summed E-state index contributed by atoms with van der Waals surface area (Å²) in [5.74, 6) is -2.17. The van der Waals surface area contributed by atoms with Crippen LogP contribution in [0.15, 0.2) is 0 Å². The molecule has 0 aliphatic heterocycles. The summed E-state index contributed by atoms with van der Waals surface area (Å²) in [6, 6.07) is 0. The molecule has 0 fully saturated rings. The largest absolute Gasteiger partial charge is 0.481 e. The van der Waals surface area contributed by atoms with Gasteiger partial charge in [0.1, 0.15) is 6.61 Å². The van der Waals surface area contributed by atoms with Crippen LogP contribution in [0.3, 0.4) is 0 Å². The number of carboxylic acids is 1. The lowest BCUT2D eigenvalue weighted by Crippen LogP contribution is -2.23. The Kier molecular flexibility index (Phi) is 4.67. The average molecular weight is 235 g/mol. The summed E-state index contributed by atoms with van der Waals surface area (Å²) in [7, 11) is 0. The van der Waals surface area contributed by atoms with E-state index < -0.39 is 15.7 Å². The van der Waals surface area contributed by atoms with Crippen LogP contribution in [0.5, 0.6) is 0 Å². The molecule has 12 heavy (non-hydrogen) atoms. The van der Waals surface area contributed by atoms with E-state index >= 15 is 0 Å². The fraction of sp³-hybridized carbons (Fsp3) is 0.600. The first-order valence-electron chi connectivity index (χ1n) is 2.80. The van der Waals surface area contributed by atoms with Crippen molar-refractivity contribution < 1.29 is 19.4 Å². The summed E-state index contributed by atoms with van der Waals surface area (Å²) in [4.78, 5) is 20.6. The number of aliphatic carboxylic acids is 1. The fourth-order valence-electron chi connectivity index (χ4n) is 0.313. The topological polar surface area (TPSA) is 63.6 Å². The van der Waals surface area contributed by atoms with E-state index in [0.717, 1.165) is 0 Å². The molecule has 4 nitrogen and oxygen atoms in total. The van der Waals surface area contributed by atoms with Crippen LogP contribution in [-0.2, 0) is 14.3 Å². The second kappa shape index (κ2) is 4.74. The minimum atomic E-state index is -2.14. The average Bonchev–Trinajstić information content (AvgIpc) is 1.84. The van der Waals surface area contributed by atoms with Crippen LogP contribution in [-0.4, -0.2) is 27.4 Å². The first-order valence-corrected chi connectivity index (χ1v) is 3.93. The molecule has 0 bridgehead atoms. The molecule has 0 aliphatic carbocycles. The highest BCUT2D eigenvalue weighted by molar-refractivity contribution is 6.75. The molecule has 7 heteroatoms. The number of esters is 1. The lowest BCUT2D eigenvalue weighted by molar-refractivity contribution is -0.145. The number of rotatable bonds is 3. The maximum Gasteiger partial charge on any atom is 0.358 e. The van der Waals surface area contributed by atoms with Gasteiger partial charge in [-0.3, -0.25) is 4.79 Å². The highest BCUT2D eigenvalue weighted by Crippen LogP contribution is 2.27. The van der Waals surface area contributed by atoms with E-state index in [9.17, 15) is 9.59 Å². The maximum atomic E-state index is 10.6. The molecule has 0 spiro atoms. The Bertz CT molecular complexity index is 186. The third-order valence-electron chi connectivity index (χ3n) is 0.781. The highest BCUT2D eigenvalue weighted by atomic mass is 35.6. The second-order valence-electron chi connectivity index (χ2n) is 1.78. The SMILES string of the molecule is O=C(O)CCOC(=O)C(Cl)(Cl)Cl. The molecule has 0 aromatic rings. The molecule has 0 amide bonds. The van der Waals surface area contributed by atoms with Crippen LogP contribution in [0, 0.1) is 0 Å². The van der Waals surface area contributed by atoms with Crippen LogP contribution in [0.25, 0.3) is 0 Å². The van der Waals surface area contributed by atoms with E-state index in [0.29, 0.717) is 0 Å². The monoisotopic (exact) mass is 234 g/mol. The molecule has 0 unspecified atom stereocenters. The summed E-state index contributed by atoms with van der Waals surface area (Å²) < 4.78 is 2.16. The molecule has 0 atom stereocenters. The zero-order valence-corrected chi connectivity index (χ0v) is 7.99. The molecule has 0 saturated heterocycles. The molecular weight excluding hydrogens is 230 g/mol. The first kappa shape index (κ1) is 11.8. The van der Waals surface area contributed by atoms with E-state index in [4.69, 9.17) is 39.9 Å². The Morgan fingerprint density at radius 2 is 1.83 bits per heavy atom. The third-order valence-corrected chi connectivity index (χ3v) is 1.24. The summed E-state index contributed by atoms with van der Waals surface area (Å²) in [5.41, 5.74) is 0. The zero-order chi connectivity index (χ0) is 9.78. The molecule has 0 aliphatic rings. The van der Waals surface area contributed by atoms with Crippen molar-refractivity contribution in [2.45, 2.75) is 10.2 Å². The van der Waals surface area contributed by atoms with Gasteiger partial charge in [-0.2, -0.15) is 0 Å². The standard InChI is InChI=1S/C5H5Cl3O4/c6-5(7,8)4(11)12-2-1-3(9)10/h1-2H2,(H,9,10). The molecule has 0 aromatic carbocycles. The van der Waals surface area contributed by atoms with E-state index in [1.165, 1.54) is 0 Å². The van der Waals surface area contributed by atoms with Crippen molar-refractivity contribution in [3.8, 4) is 0 Å². The van der Waals surface area contributed by atoms with Gasteiger partial charge in [0.2, 0.25) is 0 Å². The van der Waals surface area contributed by atoms with E-state index in [1.807, 2.05) is 0 Å². The highest BCUT2D eigenvalue weighted by Gasteiger charge is 2.32. The van der Waals surface area contributed by atoms with Crippen LogP contribution in [0.2, 0.25) is 0 Å². The van der Waals surface area contributed by atoms with Gasteiger partial charge < -0.3 is 9.84 Å². The first-order chi connectivity index (χ1) is 5.34. The predicted molar refractivity (Wildman–Crippen MR) is 43.5 cm³/mol. The van der Waals surface area contributed by atoms with Crippen LogP contribution >= 0.6 is 34.8 Å². The van der Waals surface area contributed by atoms with Gasteiger partial charge in [0.25, 0.3) is 3.79 Å². The molecule has 70 valence electrons. The van der Waals surface area contributed by atoms with Crippen LogP contribution in [0.4, 0.5) is 0 Å². The molecule has 0 aromatic heterocycles. The molecule has 0 rings (SSSR count). The van der Waals surface area contributed by atoms with Gasteiger partial charge in [-0.25, -0.2) is 4.79 Å². The molecule has 0 saturated carbocycles. The Morgan fingerprint density at radius 3 is 2.17 bits per heavy atom. The molecular formula is C5H5Cl3O4. The second-order valence-corrected chi connectivity index (χ2v) is 4.06. The van der Waals surface area contributed by atoms with Crippen molar-refractivity contribution in [3.63, 3.8) is 0 Å². The summed E-state index contributed by atoms with van der Waals surface area (Å²) in [6.07, 6.45) is -0.313. The van der Waals surface area contributed by atoms with Crippen molar-refractivity contribution in [2.75, 3.05) is 6.61 Å². The number of carbonyl (C=O) groups excluding carboxylic acids is 1. The smallest absolute Gasteiger partial charge is 0.358 e. The Morgan fingerprint density at radius 1 is 1.33 bits per heavy atom. The molecule has 0 radical (unpaired) electrons. The van der Waals surface area contributed by atoms with E-state index in [-0.39, 0.29) is 13.0 Å². The lowest BCUT2D eigenvalue weighted by Gasteiger charge is -2.08. The van der Waals surface area contributed by atoms with Gasteiger partial charge >= 0.3 is 11.9 Å². The van der Waals surface area contributed by atoms with E-state index in [1.54, 1.807) is 0 Å². The third kappa shape index (κ3) is 5.46. The normalized spacial score (nSPS) is 10.9. The van der Waals surface area contributed by atoms with Crippen LogP contribution in [0.1, 0.15) is 6.42 Å². The Balaban J connectivity index is 3.66. The number of hydrogen-bond acceptors (Lipinski definition) is 3. The van der Waals surface area contributed by atoms with Gasteiger partial charge in [0, 0.05) is 0 Å². The van der Waals surface area contributed by atoms with E-state index in [2.05, 4.69) is 4.74 Å². The van der Waals surface area contributed by atoms with Crippen LogP contribution < -0.4 is 0 Å². The summed E-state index contributed by atoms with van der Waals surface area (Å²) in [5, 5.41) is 8.14. The van der Waals surface area contributed by atoms with Gasteiger partial charge in [0.05, 0.1) is 6.42 Å². The van der Waals surface area contributed by atoms with Gasteiger partial charge in [0.15, 0.2) is 0 Å². The van der Waals surface area contributed by atoms with Crippen molar-refractivity contribution in [2.24, 2.45) is 0 Å². The minimum Gasteiger partial charge on any atom is -0.481 e. The maximum absolute atomic E-state index is 10.6. The summed E-state index contributed by atoms with van der Waals surface area (Å²) >= 11 is 15.3. The Hall–Kier alpha value is -0.190. The zero-order valence-electron chi connectivity index (χ0n) is 5.72. The summed E-state index contributed by atoms with van der Waals surface area (Å²) in [6.45, 7) is -0.303. The van der Waals surface area contributed by atoms with Gasteiger partial charge in [-0.15, -0.1) is 0 Å². The number of carboxylic acid groups (broad SMARTS) is 1. The lowest BCUT2D eigenvalue weighted by atomic mass is 10.5. The number of alkyl halides is 3. The number of ether oxygens (including phenoxy) is 1. The van der Waals surface area contributed by atoms with Gasteiger partial charge in [-0.1, -0.05) is 34.8 Å². The van der Waals surface area contributed by atoms with Crippen molar-refractivity contribution in [1.82, 2.24) is 0 Å². The minimum absolute atomic E-state index is 0.303. The number of halogens is 3. The Labute approximate surface area is 83.3 Å². The molecule has 1 N–H and O–H groups in total. The quantitative estimate of drug-likeness (QED) is 0.593. The molecule has 0 heterocycles.